The van der Waals surface area contributed by atoms with Gasteiger partial charge in [0.05, 0.1) is 9.99 Å². The molecule has 0 radical (unpaired) electrons. The van der Waals surface area contributed by atoms with E-state index in [0.29, 0.717) is 0 Å². The van der Waals surface area contributed by atoms with E-state index < -0.39 is 0 Å². The number of hydrogen-bond acceptors (Lipinski definition) is 3. The number of aromatic nitrogens is 2. The van der Waals surface area contributed by atoms with Gasteiger partial charge in [-0.3, -0.25) is 0 Å². The fourth-order valence-corrected chi connectivity index (χ4v) is 5.05. The molecule has 1 saturated heterocycles. The van der Waals surface area contributed by atoms with Gasteiger partial charge >= 0.3 is 0 Å². The second-order valence-electron chi connectivity index (χ2n) is 5.52. The molecule has 0 spiro atoms. The maximum atomic E-state index is 4.97. The third-order valence-corrected chi connectivity index (χ3v) is 7.80. The molecule has 1 N–H and O–H groups in total. The predicted octanol–water partition coefficient (Wildman–Crippen LogP) is 4.10. The molecule has 0 atom stereocenters. The molecular formula is C14H16Br3ClN4. The van der Waals surface area contributed by atoms with Crippen LogP contribution in [0.1, 0.15) is 12.0 Å². The molecular weight excluding hydrogens is 499 g/mol. The van der Waals surface area contributed by atoms with E-state index in [1.54, 1.807) is 0 Å². The lowest BCUT2D eigenvalue weighted by Gasteiger charge is -2.29. The minimum absolute atomic E-state index is 0. The van der Waals surface area contributed by atoms with Crippen LogP contribution in [0.5, 0.6) is 0 Å². The summed E-state index contributed by atoms with van der Waals surface area (Å²) in [7, 11) is 0. The highest BCUT2D eigenvalue weighted by atomic mass is 79.9. The molecule has 2 aromatic rings. The van der Waals surface area contributed by atoms with Crippen LogP contribution >= 0.6 is 60.2 Å². The summed E-state index contributed by atoms with van der Waals surface area (Å²) < 4.78 is 5.68. The van der Waals surface area contributed by atoms with Crippen molar-refractivity contribution in [1.82, 2.24) is 14.9 Å². The van der Waals surface area contributed by atoms with Crippen molar-refractivity contribution in [2.45, 2.75) is 19.4 Å². The van der Waals surface area contributed by atoms with E-state index in [1.165, 1.54) is 17.5 Å². The van der Waals surface area contributed by atoms with Crippen molar-refractivity contribution in [1.29, 1.82) is 0 Å². The number of imidazole rings is 1. The van der Waals surface area contributed by atoms with Gasteiger partial charge in [0.15, 0.2) is 0 Å². The summed E-state index contributed by atoms with van der Waals surface area (Å²) in [6.45, 7) is 5.18. The molecule has 120 valence electrons. The number of benzene rings is 1. The van der Waals surface area contributed by atoms with Crippen LogP contribution in [0.2, 0.25) is 0 Å². The first-order chi connectivity index (χ1) is 10.2. The normalized spacial score (nSPS) is 17.7. The Hall–Kier alpha value is 0.180. The fourth-order valence-electron chi connectivity index (χ4n) is 3.30. The number of hydrogen-bond donors (Lipinski definition) is 1. The molecule has 0 aliphatic carbocycles. The lowest BCUT2D eigenvalue weighted by Crippen LogP contribution is -2.44. The summed E-state index contributed by atoms with van der Waals surface area (Å²) in [4.78, 5) is 7.38. The van der Waals surface area contributed by atoms with Crippen LogP contribution in [0, 0.1) is 0 Å². The van der Waals surface area contributed by atoms with Crippen molar-refractivity contribution in [2.75, 3.05) is 31.1 Å². The third-order valence-electron chi connectivity index (χ3n) is 4.30. The molecule has 1 aromatic heterocycles. The standard InChI is InChI=1S/C14H15Br3N4.ClH/c15-9-8-2-1-5-21-13(8)12(11(17)10(9)16)19-14(21)20-6-3-18-4-7-20;/h18H,1-7H2;1H. The molecule has 1 aromatic carbocycles. The van der Waals surface area contributed by atoms with Gasteiger partial charge in [0.25, 0.3) is 0 Å². The minimum Gasteiger partial charge on any atom is -0.340 e. The average molecular weight is 515 g/mol. The highest BCUT2D eigenvalue weighted by Crippen LogP contribution is 2.44. The number of nitrogens with zero attached hydrogens (tertiary/aromatic N) is 3. The minimum atomic E-state index is 0. The van der Waals surface area contributed by atoms with E-state index in [4.69, 9.17) is 4.98 Å². The predicted molar refractivity (Wildman–Crippen MR) is 103 cm³/mol. The zero-order valence-corrected chi connectivity index (χ0v) is 17.4. The largest absolute Gasteiger partial charge is 0.340 e. The van der Waals surface area contributed by atoms with Crippen molar-refractivity contribution in [2.24, 2.45) is 0 Å². The second-order valence-corrected chi connectivity index (χ2v) is 7.90. The van der Waals surface area contributed by atoms with E-state index in [2.05, 4.69) is 62.6 Å². The van der Waals surface area contributed by atoms with E-state index in [1.807, 2.05) is 0 Å². The van der Waals surface area contributed by atoms with Gasteiger partial charge in [-0.15, -0.1) is 12.4 Å². The Morgan fingerprint density at radius 2 is 1.68 bits per heavy atom. The Morgan fingerprint density at radius 3 is 2.41 bits per heavy atom. The number of nitrogens with one attached hydrogen (secondary N) is 1. The molecule has 0 bridgehead atoms. The number of rotatable bonds is 1. The van der Waals surface area contributed by atoms with Crippen LogP contribution in [0.4, 0.5) is 5.95 Å². The van der Waals surface area contributed by atoms with Gasteiger partial charge in [-0.05, 0) is 66.2 Å². The van der Waals surface area contributed by atoms with E-state index >= 15 is 0 Å². The Morgan fingerprint density at radius 1 is 0.955 bits per heavy atom. The quantitative estimate of drug-likeness (QED) is 0.581. The van der Waals surface area contributed by atoms with Crippen LogP contribution in [0.25, 0.3) is 11.0 Å². The maximum absolute atomic E-state index is 4.97. The third kappa shape index (κ3) is 2.53. The van der Waals surface area contributed by atoms with E-state index in [9.17, 15) is 0 Å². The summed E-state index contributed by atoms with van der Waals surface area (Å²) in [5.74, 6) is 1.12. The highest BCUT2D eigenvalue weighted by molar-refractivity contribution is 9.14. The van der Waals surface area contributed by atoms with E-state index in [-0.39, 0.29) is 12.4 Å². The zero-order chi connectivity index (χ0) is 14.6. The smallest absolute Gasteiger partial charge is 0.206 e. The fraction of sp³-hybridized carbons (Fsp3) is 0.500. The van der Waals surface area contributed by atoms with Crippen molar-refractivity contribution in [3.05, 3.63) is 19.0 Å². The summed E-state index contributed by atoms with van der Waals surface area (Å²) in [6, 6.07) is 0. The average Bonchev–Trinajstić information content (AvgIpc) is 2.92. The lowest BCUT2D eigenvalue weighted by atomic mass is 10.0. The molecule has 2 aliphatic rings. The van der Waals surface area contributed by atoms with Crippen LogP contribution in [-0.2, 0) is 13.0 Å². The highest BCUT2D eigenvalue weighted by Gasteiger charge is 2.27. The Labute approximate surface area is 160 Å². The Balaban J connectivity index is 0.00000144. The summed E-state index contributed by atoms with van der Waals surface area (Å²) >= 11 is 11.1. The van der Waals surface area contributed by atoms with Crippen LogP contribution in [0.3, 0.4) is 0 Å². The number of anilines is 1. The molecule has 0 saturated carbocycles. The van der Waals surface area contributed by atoms with Crippen molar-refractivity contribution >= 4 is 77.2 Å². The maximum Gasteiger partial charge on any atom is 0.206 e. The molecule has 1 fully saturated rings. The molecule has 0 amide bonds. The summed E-state index contributed by atoms with van der Waals surface area (Å²) in [6.07, 6.45) is 2.28. The zero-order valence-electron chi connectivity index (χ0n) is 11.8. The second kappa shape index (κ2) is 6.59. The summed E-state index contributed by atoms with van der Waals surface area (Å²) in [5.41, 5.74) is 3.74. The topological polar surface area (TPSA) is 33.1 Å². The first kappa shape index (κ1) is 17.0. The molecule has 4 nitrogen and oxygen atoms in total. The van der Waals surface area contributed by atoms with Gasteiger partial charge in [-0.2, -0.15) is 0 Å². The molecule has 0 unspecified atom stereocenters. The van der Waals surface area contributed by atoms with Crippen LogP contribution in [-0.4, -0.2) is 35.7 Å². The number of halogens is 4. The monoisotopic (exact) mass is 512 g/mol. The van der Waals surface area contributed by atoms with Crippen molar-refractivity contribution in [3.63, 3.8) is 0 Å². The summed E-state index contributed by atoms with van der Waals surface area (Å²) in [5, 5.41) is 3.41. The Bertz CT molecular complexity index is 725. The first-order valence-electron chi connectivity index (χ1n) is 7.19. The van der Waals surface area contributed by atoms with Gasteiger partial charge in [-0.1, -0.05) is 0 Å². The van der Waals surface area contributed by atoms with Gasteiger partial charge in [-0.25, -0.2) is 4.98 Å². The van der Waals surface area contributed by atoms with Crippen molar-refractivity contribution < 1.29 is 0 Å². The van der Waals surface area contributed by atoms with Crippen LogP contribution in [0.15, 0.2) is 13.4 Å². The number of aryl methyl sites for hydroxylation is 2. The molecule has 3 heterocycles. The number of piperazine rings is 1. The molecule has 4 rings (SSSR count). The van der Waals surface area contributed by atoms with Gasteiger partial charge in [0.2, 0.25) is 5.95 Å². The molecule has 22 heavy (non-hydrogen) atoms. The van der Waals surface area contributed by atoms with Gasteiger partial charge in [0.1, 0.15) is 5.52 Å². The Kier molecular flexibility index (Phi) is 5.10. The lowest BCUT2D eigenvalue weighted by molar-refractivity contribution is 0.556. The molecule has 2 aliphatic heterocycles. The van der Waals surface area contributed by atoms with Crippen molar-refractivity contribution in [3.8, 4) is 0 Å². The van der Waals surface area contributed by atoms with Gasteiger partial charge in [0, 0.05) is 41.7 Å². The van der Waals surface area contributed by atoms with Gasteiger partial charge < -0.3 is 14.8 Å². The molecule has 8 heteroatoms. The SMILES string of the molecule is Brc1c(Br)c2c3c(nc(N4CCNCC4)n3CCC2)c1Br.Cl. The van der Waals surface area contributed by atoms with E-state index in [0.717, 1.165) is 64.0 Å². The first-order valence-corrected chi connectivity index (χ1v) is 9.57. The van der Waals surface area contributed by atoms with Crippen LogP contribution < -0.4 is 10.2 Å².